The van der Waals surface area contributed by atoms with Crippen LogP contribution in [0, 0.1) is 0 Å². The number of hydrogen-bond donors (Lipinski definition) is 0. The molecule has 0 bridgehead atoms. The Kier molecular flexibility index (Phi) is 6.19. The fourth-order valence-electron chi connectivity index (χ4n) is 5.58. The predicted molar refractivity (Wildman–Crippen MR) is 172 cm³/mol. The molecular formula is C37H31BO4. The maximum absolute atomic E-state index is 13.2. The van der Waals surface area contributed by atoms with Gasteiger partial charge < -0.3 is 13.7 Å². The van der Waals surface area contributed by atoms with E-state index < -0.39 is 7.12 Å². The van der Waals surface area contributed by atoms with Gasteiger partial charge in [-0.15, -0.1) is 0 Å². The molecule has 2 heterocycles. The number of hydrogen-bond acceptors (Lipinski definition) is 4. The average molecular weight is 550 g/mol. The van der Waals surface area contributed by atoms with Crippen LogP contribution in [0.3, 0.4) is 0 Å². The van der Waals surface area contributed by atoms with Crippen LogP contribution in [0.5, 0.6) is 0 Å². The van der Waals surface area contributed by atoms with Crippen LogP contribution in [0.15, 0.2) is 124 Å². The van der Waals surface area contributed by atoms with E-state index in [9.17, 15) is 4.79 Å². The molecule has 42 heavy (non-hydrogen) atoms. The molecular weight excluding hydrogens is 519 g/mol. The van der Waals surface area contributed by atoms with E-state index in [1.54, 1.807) is 0 Å². The van der Waals surface area contributed by atoms with Crippen molar-refractivity contribution in [1.29, 1.82) is 0 Å². The monoisotopic (exact) mass is 550 g/mol. The smallest absolute Gasteiger partial charge is 0.456 e. The first-order valence-electron chi connectivity index (χ1n) is 14.3. The second-order valence-corrected chi connectivity index (χ2v) is 12.0. The Morgan fingerprint density at radius 2 is 1.00 bits per heavy atom. The van der Waals surface area contributed by atoms with Crippen LogP contribution in [0.25, 0.3) is 55.3 Å². The van der Waals surface area contributed by atoms with E-state index in [-0.39, 0.29) is 16.6 Å². The fourth-order valence-corrected chi connectivity index (χ4v) is 5.58. The molecule has 0 atom stereocenters. The summed E-state index contributed by atoms with van der Waals surface area (Å²) in [6.45, 7) is 8.29. The Labute approximate surface area is 245 Å². The molecule has 7 rings (SSSR count). The lowest BCUT2D eigenvalue weighted by atomic mass is 9.78. The zero-order valence-electron chi connectivity index (χ0n) is 24.2. The van der Waals surface area contributed by atoms with Crippen LogP contribution >= 0.6 is 0 Å². The Hall–Kier alpha value is -4.45. The van der Waals surface area contributed by atoms with Gasteiger partial charge in [-0.05, 0) is 103 Å². The SMILES string of the molecule is CC1(C)OB(c2cccc(-c3cccc(-c4cccc(-c5ccc6oc7ccccc7c(=O)c6c5)c4)c3)c2)OC1(C)C. The standard InChI is InChI=1S/C37H31BO4/c1-36(2)37(3,4)42-38(41-36)30-15-9-14-28(22-30)26-12-7-10-24(20-26)25-11-8-13-27(21-25)29-18-19-34-32(23-29)35(39)31-16-5-6-17-33(31)40-34/h5-23H,1-4H3. The maximum Gasteiger partial charge on any atom is 0.494 e. The predicted octanol–water partition coefficient (Wildman–Crippen LogP) is 8.25. The minimum atomic E-state index is -0.405. The summed E-state index contributed by atoms with van der Waals surface area (Å²) in [4.78, 5) is 13.2. The van der Waals surface area contributed by atoms with E-state index in [0.717, 1.165) is 38.8 Å². The van der Waals surface area contributed by atoms with Crippen molar-refractivity contribution in [3.05, 3.63) is 125 Å². The van der Waals surface area contributed by atoms with Gasteiger partial charge in [-0.3, -0.25) is 4.79 Å². The molecule has 0 radical (unpaired) electrons. The summed E-state index contributed by atoms with van der Waals surface area (Å²) in [5.74, 6) is 0. The van der Waals surface area contributed by atoms with Crippen molar-refractivity contribution >= 4 is 34.5 Å². The first-order valence-corrected chi connectivity index (χ1v) is 14.3. The largest absolute Gasteiger partial charge is 0.494 e. The van der Waals surface area contributed by atoms with Gasteiger partial charge in [0.15, 0.2) is 0 Å². The molecule has 206 valence electrons. The van der Waals surface area contributed by atoms with Crippen molar-refractivity contribution < 1.29 is 13.7 Å². The lowest BCUT2D eigenvalue weighted by molar-refractivity contribution is 0.00578. The van der Waals surface area contributed by atoms with Crippen molar-refractivity contribution in [3.63, 3.8) is 0 Å². The summed E-state index contributed by atoms with van der Waals surface area (Å²) in [7, 11) is -0.405. The molecule has 6 aromatic rings. The molecule has 1 aromatic heterocycles. The van der Waals surface area contributed by atoms with E-state index in [1.165, 1.54) is 0 Å². The highest BCUT2D eigenvalue weighted by molar-refractivity contribution is 6.62. The van der Waals surface area contributed by atoms with Gasteiger partial charge in [0.05, 0.1) is 22.0 Å². The number of para-hydroxylation sites is 1. The number of rotatable bonds is 4. The van der Waals surface area contributed by atoms with Crippen LogP contribution < -0.4 is 10.9 Å². The molecule has 0 N–H and O–H groups in total. The molecule has 1 fully saturated rings. The Bertz CT molecular complexity index is 2020. The van der Waals surface area contributed by atoms with Gasteiger partial charge in [0.2, 0.25) is 5.43 Å². The highest BCUT2D eigenvalue weighted by atomic mass is 16.7. The van der Waals surface area contributed by atoms with E-state index in [4.69, 9.17) is 13.7 Å². The zero-order chi connectivity index (χ0) is 29.1. The highest BCUT2D eigenvalue weighted by Crippen LogP contribution is 2.37. The normalized spacial score (nSPS) is 15.9. The lowest BCUT2D eigenvalue weighted by Crippen LogP contribution is -2.41. The fraction of sp³-hybridized carbons (Fsp3) is 0.162. The van der Waals surface area contributed by atoms with Crippen molar-refractivity contribution in [2.45, 2.75) is 38.9 Å². The van der Waals surface area contributed by atoms with Crippen LogP contribution in [0.2, 0.25) is 0 Å². The highest BCUT2D eigenvalue weighted by Gasteiger charge is 2.51. The Morgan fingerprint density at radius 3 is 1.62 bits per heavy atom. The average Bonchev–Trinajstić information content (AvgIpc) is 3.23. The third-order valence-corrected chi connectivity index (χ3v) is 8.71. The van der Waals surface area contributed by atoms with Gasteiger partial charge in [0.1, 0.15) is 11.2 Å². The molecule has 0 amide bonds. The topological polar surface area (TPSA) is 48.7 Å². The van der Waals surface area contributed by atoms with Crippen LogP contribution in [-0.2, 0) is 9.31 Å². The van der Waals surface area contributed by atoms with Gasteiger partial charge in [0, 0.05) is 0 Å². The van der Waals surface area contributed by atoms with Gasteiger partial charge in [-0.1, -0.05) is 78.9 Å². The number of fused-ring (bicyclic) bond motifs is 2. The third kappa shape index (κ3) is 4.55. The van der Waals surface area contributed by atoms with Gasteiger partial charge >= 0.3 is 7.12 Å². The number of benzene rings is 5. The van der Waals surface area contributed by atoms with Crippen LogP contribution in [0.1, 0.15) is 27.7 Å². The van der Waals surface area contributed by atoms with Crippen molar-refractivity contribution in [2.24, 2.45) is 0 Å². The van der Waals surface area contributed by atoms with Crippen LogP contribution in [-0.4, -0.2) is 18.3 Å². The van der Waals surface area contributed by atoms with Gasteiger partial charge in [-0.25, -0.2) is 0 Å². The molecule has 0 aliphatic carbocycles. The first kappa shape index (κ1) is 26.5. The van der Waals surface area contributed by atoms with Crippen molar-refractivity contribution in [1.82, 2.24) is 0 Å². The summed E-state index contributed by atoms with van der Waals surface area (Å²) in [6.07, 6.45) is 0. The maximum atomic E-state index is 13.2. The minimum absolute atomic E-state index is 0.0136. The molecule has 1 saturated heterocycles. The van der Waals surface area contributed by atoms with Crippen molar-refractivity contribution in [2.75, 3.05) is 0 Å². The van der Waals surface area contributed by atoms with Crippen molar-refractivity contribution in [3.8, 4) is 33.4 Å². The summed E-state index contributed by atoms with van der Waals surface area (Å²) in [5, 5.41) is 1.18. The second-order valence-electron chi connectivity index (χ2n) is 12.0. The van der Waals surface area contributed by atoms with E-state index in [2.05, 4.69) is 100 Å². The van der Waals surface area contributed by atoms with Gasteiger partial charge in [0.25, 0.3) is 0 Å². The molecule has 1 aliphatic heterocycles. The van der Waals surface area contributed by atoms with E-state index in [0.29, 0.717) is 21.9 Å². The Morgan fingerprint density at radius 1 is 0.500 bits per heavy atom. The quantitative estimate of drug-likeness (QED) is 0.164. The van der Waals surface area contributed by atoms with E-state index in [1.807, 2.05) is 42.5 Å². The molecule has 1 aliphatic rings. The summed E-state index contributed by atoms with van der Waals surface area (Å²) < 4.78 is 18.6. The third-order valence-electron chi connectivity index (χ3n) is 8.71. The molecule has 0 saturated carbocycles. The summed E-state index contributed by atoms with van der Waals surface area (Å²) >= 11 is 0. The molecule has 5 aromatic carbocycles. The first-order chi connectivity index (χ1) is 20.2. The van der Waals surface area contributed by atoms with Gasteiger partial charge in [-0.2, -0.15) is 0 Å². The molecule has 4 nitrogen and oxygen atoms in total. The zero-order valence-corrected chi connectivity index (χ0v) is 24.2. The Balaban J connectivity index is 1.22. The van der Waals surface area contributed by atoms with E-state index >= 15 is 0 Å². The summed E-state index contributed by atoms with van der Waals surface area (Å²) in [5.41, 5.74) is 7.85. The minimum Gasteiger partial charge on any atom is -0.456 e. The second kappa shape index (κ2) is 9.83. The van der Waals surface area contributed by atoms with Crippen LogP contribution in [0.4, 0.5) is 0 Å². The molecule has 0 spiro atoms. The molecule has 0 unspecified atom stereocenters. The summed E-state index contributed by atoms with van der Waals surface area (Å²) in [6, 6.07) is 38.6. The molecule has 5 heteroatoms. The lowest BCUT2D eigenvalue weighted by Gasteiger charge is -2.32.